The van der Waals surface area contributed by atoms with Crippen molar-refractivity contribution in [3.8, 4) is 17.2 Å². The Hall–Kier alpha value is -2.64. The van der Waals surface area contributed by atoms with Crippen molar-refractivity contribution >= 4 is 5.91 Å². The van der Waals surface area contributed by atoms with Gasteiger partial charge >= 0.3 is 0 Å². The first-order valence-corrected chi connectivity index (χ1v) is 10.7. The lowest BCUT2D eigenvalue weighted by Crippen LogP contribution is -2.49. The van der Waals surface area contributed by atoms with Crippen LogP contribution in [0.25, 0.3) is 11.1 Å². The van der Waals surface area contributed by atoms with Crippen molar-refractivity contribution in [3.05, 3.63) is 59.7 Å². The van der Waals surface area contributed by atoms with E-state index < -0.39 is 0 Å². The number of carbonyl (C=O) groups excluding carboxylic acids is 1. The minimum Gasteiger partial charge on any atom is -0.355 e. The Morgan fingerprint density at radius 3 is 2.48 bits per heavy atom. The van der Waals surface area contributed by atoms with Crippen LogP contribution in [-0.2, 0) is 10.2 Å². The van der Waals surface area contributed by atoms with Gasteiger partial charge in [-0.3, -0.25) is 4.79 Å². The van der Waals surface area contributed by atoms with Gasteiger partial charge in [-0.05, 0) is 73.5 Å². The maximum atomic E-state index is 11.6. The third-order valence-corrected chi connectivity index (χ3v) is 6.52. The molecule has 1 heterocycles. The number of benzene rings is 2. The van der Waals surface area contributed by atoms with E-state index in [4.69, 9.17) is 5.26 Å². The summed E-state index contributed by atoms with van der Waals surface area (Å²) in [5.74, 6) is 0.955. The molecule has 29 heavy (non-hydrogen) atoms. The normalized spacial score (nSPS) is 18.8. The molecule has 0 atom stereocenters. The first-order chi connectivity index (χ1) is 14.1. The zero-order valence-electron chi connectivity index (χ0n) is 17.2. The van der Waals surface area contributed by atoms with Crippen LogP contribution in [0.3, 0.4) is 0 Å². The smallest absolute Gasteiger partial charge is 0.216 e. The van der Waals surface area contributed by atoms with Gasteiger partial charge in [0.15, 0.2) is 0 Å². The second kappa shape index (κ2) is 8.39. The molecule has 0 bridgehead atoms. The summed E-state index contributed by atoms with van der Waals surface area (Å²) in [5, 5.41) is 12.2. The van der Waals surface area contributed by atoms with Gasteiger partial charge < -0.3 is 10.2 Å². The molecule has 1 amide bonds. The number of likely N-dealkylation sites (tertiary alicyclic amines) is 1. The third-order valence-electron chi connectivity index (χ3n) is 6.52. The van der Waals surface area contributed by atoms with Crippen molar-refractivity contribution in [3.63, 3.8) is 0 Å². The molecule has 1 aliphatic heterocycles. The van der Waals surface area contributed by atoms with Crippen LogP contribution >= 0.6 is 0 Å². The predicted molar refractivity (Wildman–Crippen MR) is 115 cm³/mol. The molecule has 2 aromatic rings. The summed E-state index contributed by atoms with van der Waals surface area (Å²) in [5.41, 5.74) is 4.16. The van der Waals surface area contributed by atoms with Crippen LogP contribution in [0.1, 0.15) is 43.7 Å². The minimum atomic E-state index is -0.00124. The molecule has 0 spiro atoms. The zero-order valence-corrected chi connectivity index (χ0v) is 17.2. The van der Waals surface area contributed by atoms with E-state index in [0.29, 0.717) is 12.1 Å². The molecule has 2 aliphatic rings. The van der Waals surface area contributed by atoms with Gasteiger partial charge in [-0.1, -0.05) is 36.4 Å². The summed E-state index contributed by atoms with van der Waals surface area (Å²) < 4.78 is 0. The van der Waals surface area contributed by atoms with E-state index in [-0.39, 0.29) is 11.3 Å². The molecule has 0 radical (unpaired) electrons. The van der Waals surface area contributed by atoms with Crippen LogP contribution in [0.15, 0.2) is 48.5 Å². The minimum absolute atomic E-state index is 0.00124. The lowest BCUT2D eigenvalue weighted by atomic mass is 9.72. The van der Waals surface area contributed by atoms with E-state index in [1.54, 1.807) is 6.92 Å². The van der Waals surface area contributed by atoms with Crippen LogP contribution in [0.2, 0.25) is 0 Å². The fourth-order valence-electron chi connectivity index (χ4n) is 4.47. The average molecular weight is 388 g/mol. The summed E-state index contributed by atoms with van der Waals surface area (Å²) in [6.45, 7) is 5.73. The van der Waals surface area contributed by atoms with Crippen LogP contribution in [0.4, 0.5) is 0 Å². The lowest BCUT2D eigenvalue weighted by Gasteiger charge is -2.42. The van der Waals surface area contributed by atoms with E-state index >= 15 is 0 Å². The number of piperidine rings is 1. The van der Waals surface area contributed by atoms with Crippen molar-refractivity contribution in [2.24, 2.45) is 5.92 Å². The highest BCUT2D eigenvalue weighted by Crippen LogP contribution is 2.38. The van der Waals surface area contributed by atoms with E-state index in [9.17, 15) is 4.79 Å². The molecule has 0 unspecified atom stereocenters. The Bertz CT molecular complexity index is 900. The van der Waals surface area contributed by atoms with E-state index in [1.807, 2.05) is 24.3 Å². The third kappa shape index (κ3) is 4.68. The molecule has 1 saturated carbocycles. The second-order valence-electron chi connectivity index (χ2n) is 8.70. The summed E-state index contributed by atoms with van der Waals surface area (Å²) >= 11 is 0. The summed E-state index contributed by atoms with van der Waals surface area (Å²) in [6, 6.07) is 18.7. The Morgan fingerprint density at radius 2 is 1.86 bits per heavy atom. The van der Waals surface area contributed by atoms with Gasteiger partial charge in [0.2, 0.25) is 5.91 Å². The summed E-state index contributed by atoms with van der Waals surface area (Å²) in [7, 11) is 0. The Balaban J connectivity index is 1.54. The van der Waals surface area contributed by atoms with Gasteiger partial charge in [0.1, 0.15) is 0 Å². The first-order valence-electron chi connectivity index (χ1n) is 10.7. The molecule has 1 aliphatic carbocycles. The molecule has 2 aromatic carbocycles. The van der Waals surface area contributed by atoms with Crippen LogP contribution in [0.5, 0.6) is 0 Å². The SMILES string of the molecule is CC(=O)NCC1(c2ccc(-c3cccc(C#N)c3)cc2)CCN(CC2CC2)CC1. The summed E-state index contributed by atoms with van der Waals surface area (Å²) in [6.07, 6.45) is 4.93. The number of carbonyl (C=O) groups is 1. The van der Waals surface area contributed by atoms with Gasteiger partial charge in [-0.25, -0.2) is 0 Å². The number of nitrogens with one attached hydrogen (secondary N) is 1. The fraction of sp³-hybridized carbons (Fsp3) is 0.440. The average Bonchev–Trinajstić information content (AvgIpc) is 3.58. The first kappa shape index (κ1) is 19.7. The van der Waals surface area contributed by atoms with Crippen molar-refractivity contribution < 1.29 is 4.79 Å². The largest absolute Gasteiger partial charge is 0.355 e. The highest BCUT2D eigenvalue weighted by atomic mass is 16.1. The molecule has 4 nitrogen and oxygen atoms in total. The summed E-state index contributed by atoms with van der Waals surface area (Å²) in [4.78, 5) is 14.2. The molecular formula is C25H29N3O. The maximum Gasteiger partial charge on any atom is 0.216 e. The molecule has 1 N–H and O–H groups in total. The number of amides is 1. The Morgan fingerprint density at radius 1 is 1.14 bits per heavy atom. The second-order valence-corrected chi connectivity index (χ2v) is 8.70. The number of nitriles is 1. The van der Waals surface area contributed by atoms with Gasteiger partial charge in [-0.2, -0.15) is 5.26 Å². The number of hydrogen-bond acceptors (Lipinski definition) is 3. The Labute approximate surface area is 173 Å². The molecule has 2 fully saturated rings. The number of rotatable bonds is 6. The highest BCUT2D eigenvalue weighted by molar-refractivity contribution is 5.73. The van der Waals surface area contributed by atoms with Crippen LogP contribution < -0.4 is 5.32 Å². The monoisotopic (exact) mass is 387 g/mol. The molecule has 0 aromatic heterocycles. The number of hydrogen-bond donors (Lipinski definition) is 1. The van der Waals surface area contributed by atoms with Gasteiger partial charge in [0.25, 0.3) is 0 Å². The molecule has 4 heteroatoms. The fourth-order valence-corrected chi connectivity index (χ4v) is 4.47. The van der Waals surface area contributed by atoms with Gasteiger partial charge in [0, 0.05) is 25.4 Å². The van der Waals surface area contributed by atoms with Crippen LogP contribution in [-0.4, -0.2) is 37.0 Å². The van der Waals surface area contributed by atoms with E-state index in [0.717, 1.165) is 43.0 Å². The topological polar surface area (TPSA) is 56.1 Å². The van der Waals surface area contributed by atoms with Crippen molar-refractivity contribution in [1.29, 1.82) is 5.26 Å². The van der Waals surface area contributed by atoms with E-state index in [2.05, 4.69) is 40.6 Å². The predicted octanol–water partition coefficient (Wildman–Crippen LogP) is 4.10. The van der Waals surface area contributed by atoms with Crippen molar-refractivity contribution in [2.45, 2.75) is 38.0 Å². The standard InChI is InChI=1S/C25H29N3O/c1-19(29)27-18-25(11-13-28(14-12-25)17-20-5-6-20)24-9-7-22(8-10-24)23-4-2-3-21(15-23)16-26/h2-4,7-10,15,20H,5-6,11-14,17-18H2,1H3,(H,27,29). The lowest BCUT2D eigenvalue weighted by molar-refractivity contribution is -0.119. The van der Waals surface area contributed by atoms with Gasteiger partial charge in [0.05, 0.1) is 11.6 Å². The molecule has 150 valence electrons. The highest BCUT2D eigenvalue weighted by Gasteiger charge is 2.37. The molecular weight excluding hydrogens is 358 g/mol. The zero-order chi connectivity index (χ0) is 20.3. The Kier molecular flexibility index (Phi) is 5.69. The van der Waals surface area contributed by atoms with Crippen molar-refractivity contribution in [2.75, 3.05) is 26.2 Å². The quantitative estimate of drug-likeness (QED) is 0.812. The molecule has 4 rings (SSSR count). The van der Waals surface area contributed by atoms with Crippen molar-refractivity contribution in [1.82, 2.24) is 10.2 Å². The maximum absolute atomic E-state index is 11.6. The van der Waals surface area contributed by atoms with Gasteiger partial charge in [-0.15, -0.1) is 0 Å². The van der Waals surface area contributed by atoms with Crippen LogP contribution in [0, 0.1) is 17.2 Å². The molecule has 1 saturated heterocycles. The number of nitrogens with zero attached hydrogens (tertiary/aromatic N) is 2. The van der Waals surface area contributed by atoms with E-state index in [1.165, 1.54) is 24.9 Å².